The third kappa shape index (κ3) is 2.79. The summed E-state index contributed by atoms with van der Waals surface area (Å²) < 4.78 is 0. The number of benzene rings is 2. The Bertz CT molecular complexity index is 657. The van der Waals surface area contributed by atoms with E-state index in [4.69, 9.17) is 0 Å². The van der Waals surface area contributed by atoms with Gasteiger partial charge in [-0.25, -0.2) is 0 Å². The average Bonchev–Trinajstić information content (AvgIpc) is 2.48. The predicted molar refractivity (Wildman–Crippen MR) is 79.6 cm³/mol. The van der Waals surface area contributed by atoms with E-state index >= 15 is 0 Å². The number of carbonyl (C=O) groups is 2. The molecule has 1 saturated carbocycles. The van der Waals surface area contributed by atoms with Crippen molar-refractivity contribution in [3.63, 3.8) is 0 Å². The lowest BCUT2D eigenvalue weighted by molar-refractivity contribution is -0.133. The van der Waals surface area contributed by atoms with Crippen LogP contribution in [0.15, 0.2) is 42.5 Å². The number of carbonyl (C=O) groups excluding carboxylic acids is 2. The molecular weight excluding hydrogens is 248 g/mol. The second-order valence-electron chi connectivity index (χ2n) is 5.63. The summed E-state index contributed by atoms with van der Waals surface area (Å²) in [6, 6.07) is 14.7. The molecule has 0 amide bonds. The molecule has 2 aromatic rings. The quantitative estimate of drug-likeness (QED) is 0.848. The van der Waals surface area contributed by atoms with E-state index in [-0.39, 0.29) is 17.5 Å². The van der Waals surface area contributed by atoms with Gasteiger partial charge in [0.2, 0.25) is 0 Å². The first-order valence-electron chi connectivity index (χ1n) is 7.24. The van der Waals surface area contributed by atoms with Gasteiger partial charge in [-0.2, -0.15) is 0 Å². The summed E-state index contributed by atoms with van der Waals surface area (Å²) in [5.74, 6) is 0.459. The molecule has 0 saturated heterocycles. The summed E-state index contributed by atoms with van der Waals surface area (Å²) >= 11 is 0. The van der Waals surface area contributed by atoms with Gasteiger partial charge in [-0.1, -0.05) is 42.5 Å². The molecule has 0 radical (unpaired) electrons. The lowest BCUT2D eigenvalue weighted by atomic mass is 9.83. The van der Waals surface area contributed by atoms with Gasteiger partial charge in [-0.3, -0.25) is 9.59 Å². The van der Waals surface area contributed by atoms with E-state index in [1.165, 1.54) is 16.3 Å². The molecule has 2 aromatic carbocycles. The standard InChI is InChI=1S/C18H18O2/c19-17-9-10-18(20)16(12-17)8-6-13-5-7-14-3-1-2-4-15(14)11-13/h1-5,7,11,16H,6,8-10,12H2. The summed E-state index contributed by atoms with van der Waals surface area (Å²) in [5, 5.41) is 2.47. The van der Waals surface area contributed by atoms with Crippen LogP contribution in [-0.2, 0) is 16.0 Å². The molecule has 2 heteroatoms. The van der Waals surface area contributed by atoms with E-state index in [0.717, 1.165) is 12.8 Å². The van der Waals surface area contributed by atoms with Crippen molar-refractivity contribution in [2.24, 2.45) is 5.92 Å². The SMILES string of the molecule is O=C1CCC(=O)C(CCc2ccc3ccccc3c2)C1. The number of hydrogen-bond acceptors (Lipinski definition) is 2. The lowest BCUT2D eigenvalue weighted by Gasteiger charge is -2.19. The third-order valence-electron chi connectivity index (χ3n) is 4.18. The van der Waals surface area contributed by atoms with Crippen molar-refractivity contribution in [3.05, 3.63) is 48.0 Å². The predicted octanol–water partition coefficient (Wildman–Crippen LogP) is 3.71. The Morgan fingerprint density at radius 2 is 1.75 bits per heavy atom. The van der Waals surface area contributed by atoms with Crippen LogP contribution in [0.1, 0.15) is 31.2 Å². The molecule has 1 aliphatic rings. The monoisotopic (exact) mass is 266 g/mol. The molecule has 0 heterocycles. The third-order valence-corrected chi connectivity index (χ3v) is 4.18. The van der Waals surface area contributed by atoms with Gasteiger partial charge in [0, 0.05) is 25.2 Å². The van der Waals surface area contributed by atoms with Gasteiger partial charge in [-0.05, 0) is 29.2 Å². The molecule has 0 spiro atoms. The maximum Gasteiger partial charge on any atom is 0.136 e. The largest absolute Gasteiger partial charge is 0.300 e. The maximum absolute atomic E-state index is 11.8. The molecule has 1 atom stereocenters. The van der Waals surface area contributed by atoms with Crippen molar-refractivity contribution >= 4 is 22.3 Å². The minimum absolute atomic E-state index is 0.0530. The second kappa shape index (κ2) is 5.58. The Labute approximate surface area is 118 Å². The Morgan fingerprint density at radius 1 is 0.950 bits per heavy atom. The fourth-order valence-corrected chi connectivity index (χ4v) is 2.96. The van der Waals surface area contributed by atoms with Crippen LogP contribution in [-0.4, -0.2) is 11.6 Å². The molecule has 0 N–H and O–H groups in total. The fourth-order valence-electron chi connectivity index (χ4n) is 2.96. The molecule has 3 rings (SSSR count). The van der Waals surface area contributed by atoms with Crippen LogP contribution in [0, 0.1) is 5.92 Å². The smallest absolute Gasteiger partial charge is 0.136 e. The van der Waals surface area contributed by atoms with Crippen LogP contribution in [0.25, 0.3) is 10.8 Å². The Balaban J connectivity index is 1.70. The zero-order chi connectivity index (χ0) is 13.9. The summed E-state index contributed by atoms with van der Waals surface area (Å²) in [6.45, 7) is 0. The van der Waals surface area contributed by atoms with E-state index in [9.17, 15) is 9.59 Å². The zero-order valence-corrected chi connectivity index (χ0v) is 11.5. The summed E-state index contributed by atoms with van der Waals surface area (Å²) in [6.07, 6.45) is 3.01. The molecule has 20 heavy (non-hydrogen) atoms. The van der Waals surface area contributed by atoms with Gasteiger partial charge in [-0.15, -0.1) is 0 Å². The topological polar surface area (TPSA) is 34.1 Å². The van der Waals surface area contributed by atoms with Crippen molar-refractivity contribution in [2.75, 3.05) is 0 Å². The Kier molecular flexibility index (Phi) is 3.64. The van der Waals surface area contributed by atoms with Crippen molar-refractivity contribution < 1.29 is 9.59 Å². The van der Waals surface area contributed by atoms with Crippen molar-refractivity contribution in [1.29, 1.82) is 0 Å². The average molecular weight is 266 g/mol. The van der Waals surface area contributed by atoms with Crippen molar-refractivity contribution in [3.8, 4) is 0 Å². The first kappa shape index (κ1) is 13.0. The summed E-state index contributed by atoms with van der Waals surface area (Å²) in [4.78, 5) is 23.3. The second-order valence-corrected chi connectivity index (χ2v) is 5.63. The number of aryl methyl sites for hydroxylation is 1. The number of Topliss-reactive ketones (excluding diaryl/α,β-unsaturated/α-hetero) is 2. The van der Waals surface area contributed by atoms with Gasteiger partial charge in [0.25, 0.3) is 0 Å². The molecule has 1 unspecified atom stereocenters. The van der Waals surface area contributed by atoms with E-state index in [1.54, 1.807) is 0 Å². The normalized spacial score (nSPS) is 19.5. The Morgan fingerprint density at radius 3 is 2.60 bits per heavy atom. The highest BCUT2D eigenvalue weighted by Crippen LogP contribution is 2.24. The highest BCUT2D eigenvalue weighted by atomic mass is 16.1. The van der Waals surface area contributed by atoms with Gasteiger partial charge < -0.3 is 0 Å². The van der Waals surface area contributed by atoms with E-state index in [1.807, 2.05) is 12.1 Å². The van der Waals surface area contributed by atoms with E-state index in [2.05, 4.69) is 30.3 Å². The van der Waals surface area contributed by atoms with Gasteiger partial charge in [0.15, 0.2) is 0 Å². The van der Waals surface area contributed by atoms with Crippen LogP contribution < -0.4 is 0 Å². The molecular formula is C18H18O2. The Hall–Kier alpha value is -1.96. The minimum Gasteiger partial charge on any atom is -0.300 e. The molecule has 0 bridgehead atoms. The van der Waals surface area contributed by atoms with Gasteiger partial charge in [0.05, 0.1) is 0 Å². The van der Waals surface area contributed by atoms with E-state index in [0.29, 0.717) is 19.3 Å². The molecule has 0 aliphatic heterocycles. The number of rotatable bonds is 3. The van der Waals surface area contributed by atoms with Gasteiger partial charge >= 0.3 is 0 Å². The van der Waals surface area contributed by atoms with Crippen LogP contribution in [0.2, 0.25) is 0 Å². The van der Waals surface area contributed by atoms with E-state index < -0.39 is 0 Å². The molecule has 0 aromatic heterocycles. The van der Waals surface area contributed by atoms with Gasteiger partial charge in [0.1, 0.15) is 11.6 Å². The molecule has 1 aliphatic carbocycles. The van der Waals surface area contributed by atoms with Crippen molar-refractivity contribution in [1.82, 2.24) is 0 Å². The van der Waals surface area contributed by atoms with Crippen LogP contribution in [0.5, 0.6) is 0 Å². The highest BCUT2D eigenvalue weighted by molar-refractivity contribution is 5.94. The fraction of sp³-hybridized carbons (Fsp3) is 0.333. The number of fused-ring (bicyclic) bond motifs is 1. The van der Waals surface area contributed by atoms with Crippen LogP contribution >= 0.6 is 0 Å². The highest BCUT2D eigenvalue weighted by Gasteiger charge is 2.26. The lowest BCUT2D eigenvalue weighted by Crippen LogP contribution is -2.25. The minimum atomic E-state index is -0.0530. The van der Waals surface area contributed by atoms with Crippen molar-refractivity contribution in [2.45, 2.75) is 32.1 Å². The molecule has 1 fully saturated rings. The summed E-state index contributed by atoms with van der Waals surface area (Å²) in [7, 11) is 0. The van der Waals surface area contributed by atoms with Crippen LogP contribution in [0.4, 0.5) is 0 Å². The first-order chi connectivity index (χ1) is 9.72. The maximum atomic E-state index is 11.8. The molecule has 2 nitrogen and oxygen atoms in total. The zero-order valence-electron chi connectivity index (χ0n) is 11.5. The van der Waals surface area contributed by atoms with Crippen LogP contribution in [0.3, 0.4) is 0 Å². The summed E-state index contributed by atoms with van der Waals surface area (Å²) in [5.41, 5.74) is 1.24. The number of hydrogen-bond donors (Lipinski definition) is 0. The molecule has 102 valence electrons. The first-order valence-corrected chi connectivity index (χ1v) is 7.24. The number of ketones is 2.